The van der Waals surface area contributed by atoms with E-state index in [2.05, 4.69) is 4.98 Å². The van der Waals surface area contributed by atoms with Crippen LogP contribution in [0.3, 0.4) is 0 Å². The molecule has 3 rings (SSSR count). The molecule has 3 nitrogen and oxygen atoms in total. The molecule has 2 aromatic heterocycles. The first-order valence-corrected chi connectivity index (χ1v) is 6.48. The second-order valence-corrected chi connectivity index (χ2v) is 4.96. The monoisotopic (exact) mass is 292 g/mol. The molecule has 0 spiro atoms. The quantitative estimate of drug-likeness (QED) is 0.780. The molecule has 0 amide bonds. The van der Waals surface area contributed by atoms with Gasteiger partial charge in [-0.25, -0.2) is 4.98 Å². The highest BCUT2D eigenvalue weighted by Crippen LogP contribution is 2.32. The van der Waals surface area contributed by atoms with Crippen LogP contribution in [0.25, 0.3) is 16.9 Å². The molecular weight excluding hydrogens is 283 g/mol. The predicted octanol–water partition coefficient (Wildman–Crippen LogP) is 3.80. The molecule has 96 valence electrons. The number of aliphatic hydroxyl groups excluding tert-OH is 1. The summed E-state index contributed by atoms with van der Waals surface area (Å²) < 4.78 is 1.85. The Bertz CT molecular complexity index is 752. The highest BCUT2D eigenvalue weighted by atomic mass is 35.5. The number of nitrogens with zero attached hydrogens (tertiary/aromatic N) is 2. The lowest BCUT2D eigenvalue weighted by atomic mass is 10.1. The molecule has 0 aliphatic heterocycles. The zero-order chi connectivity index (χ0) is 13.4. The average molecular weight is 293 g/mol. The summed E-state index contributed by atoms with van der Waals surface area (Å²) in [7, 11) is 0. The number of imidazole rings is 1. The number of aromatic nitrogens is 2. The van der Waals surface area contributed by atoms with E-state index in [1.807, 2.05) is 34.9 Å². The van der Waals surface area contributed by atoms with Gasteiger partial charge in [0.25, 0.3) is 0 Å². The van der Waals surface area contributed by atoms with Crippen molar-refractivity contribution >= 4 is 28.8 Å². The van der Waals surface area contributed by atoms with E-state index < -0.39 is 0 Å². The molecule has 1 aromatic carbocycles. The van der Waals surface area contributed by atoms with Crippen LogP contribution in [0.4, 0.5) is 0 Å². The fraction of sp³-hybridized carbons (Fsp3) is 0.0714. The van der Waals surface area contributed by atoms with Gasteiger partial charge in [-0.2, -0.15) is 0 Å². The summed E-state index contributed by atoms with van der Waals surface area (Å²) in [5.74, 6) is 0. The zero-order valence-electron chi connectivity index (χ0n) is 9.85. The molecule has 0 aliphatic carbocycles. The van der Waals surface area contributed by atoms with Crippen molar-refractivity contribution in [1.82, 2.24) is 9.38 Å². The zero-order valence-corrected chi connectivity index (χ0v) is 11.4. The molecule has 0 saturated heterocycles. The highest BCUT2D eigenvalue weighted by Gasteiger charge is 2.15. The van der Waals surface area contributed by atoms with Gasteiger partial charge in [-0.3, -0.25) is 0 Å². The van der Waals surface area contributed by atoms with E-state index in [1.165, 1.54) is 0 Å². The Balaban J connectivity index is 2.30. The summed E-state index contributed by atoms with van der Waals surface area (Å²) in [5, 5.41) is 10.7. The van der Waals surface area contributed by atoms with Crippen LogP contribution in [0.2, 0.25) is 10.0 Å². The summed E-state index contributed by atoms with van der Waals surface area (Å²) in [4.78, 5) is 4.52. The SMILES string of the molecule is OCc1c(-c2ccc(Cl)cc2Cl)nc2ccccn12. The first-order valence-electron chi connectivity index (χ1n) is 5.73. The fourth-order valence-corrected chi connectivity index (χ4v) is 2.59. The van der Waals surface area contributed by atoms with Crippen molar-refractivity contribution in [3.8, 4) is 11.3 Å². The first kappa shape index (κ1) is 12.5. The van der Waals surface area contributed by atoms with Crippen molar-refractivity contribution in [2.24, 2.45) is 0 Å². The topological polar surface area (TPSA) is 37.5 Å². The molecule has 0 aliphatic rings. The largest absolute Gasteiger partial charge is 0.390 e. The minimum Gasteiger partial charge on any atom is -0.390 e. The van der Waals surface area contributed by atoms with Crippen LogP contribution >= 0.6 is 23.2 Å². The summed E-state index contributed by atoms with van der Waals surface area (Å²) in [6, 6.07) is 10.9. The van der Waals surface area contributed by atoms with Gasteiger partial charge < -0.3 is 9.51 Å². The summed E-state index contributed by atoms with van der Waals surface area (Å²) in [6.45, 7) is -0.112. The fourth-order valence-electron chi connectivity index (χ4n) is 2.09. The molecule has 0 unspecified atom stereocenters. The van der Waals surface area contributed by atoms with Crippen LogP contribution in [0.15, 0.2) is 42.6 Å². The van der Waals surface area contributed by atoms with Gasteiger partial charge in [0.2, 0.25) is 0 Å². The minimum absolute atomic E-state index is 0.112. The molecule has 0 radical (unpaired) electrons. The normalized spacial score (nSPS) is 11.1. The number of hydrogen-bond acceptors (Lipinski definition) is 2. The second kappa shape index (κ2) is 4.85. The smallest absolute Gasteiger partial charge is 0.137 e. The van der Waals surface area contributed by atoms with Crippen molar-refractivity contribution in [3.05, 3.63) is 58.3 Å². The summed E-state index contributed by atoms with van der Waals surface area (Å²) in [5.41, 5.74) is 2.92. The molecule has 5 heteroatoms. The van der Waals surface area contributed by atoms with Crippen molar-refractivity contribution in [2.75, 3.05) is 0 Å². The molecule has 0 fully saturated rings. The molecule has 0 bridgehead atoms. The number of aliphatic hydroxyl groups is 1. The molecule has 0 atom stereocenters. The summed E-state index contributed by atoms with van der Waals surface area (Å²) >= 11 is 12.1. The van der Waals surface area contributed by atoms with E-state index in [0.717, 1.165) is 11.2 Å². The standard InChI is InChI=1S/C14H10Cl2N2O/c15-9-4-5-10(11(16)7-9)14-12(8-19)18-6-2-1-3-13(18)17-14/h1-7,19H,8H2. The van der Waals surface area contributed by atoms with E-state index in [1.54, 1.807) is 12.1 Å². The third-order valence-corrected chi connectivity index (χ3v) is 3.51. The van der Waals surface area contributed by atoms with Gasteiger partial charge in [0.1, 0.15) is 5.65 Å². The Morgan fingerprint density at radius 3 is 2.74 bits per heavy atom. The molecule has 19 heavy (non-hydrogen) atoms. The molecule has 0 saturated carbocycles. The second-order valence-electron chi connectivity index (χ2n) is 4.12. The first-order chi connectivity index (χ1) is 9.20. The third-order valence-electron chi connectivity index (χ3n) is 2.96. The van der Waals surface area contributed by atoms with Crippen molar-refractivity contribution in [3.63, 3.8) is 0 Å². The van der Waals surface area contributed by atoms with Crippen LogP contribution < -0.4 is 0 Å². The van der Waals surface area contributed by atoms with Crippen LogP contribution in [0.5, 0.6) is 0 Å². The molecule has 1 N–H and O–H groups in total. The van der Waals surface area contributed by atoms with E-state index in [-0.39, 0.29) is 6.61 Å². The summed E-state index contributed by atoms with van der Waals surface area (Å²) in [6.07, 6.45) is 1.86. The van der Waals surface area contributed by atoms with Crippen molar-refractivity contribution in [2.45, 2.75) is 6.61 Å². The number of halogens is 2. The lowest BCUT2D eigenvalue weighted by Crippen LogP contribution is -1.93. The molecule has 3 aromatic rings. The molecule has 2 heterocycles. The van der Waals surface area contributed by atoms with Gasteiger partial charge in [-0.05, 0) is 30.3 Å². The maximum absolute atomic E-state index is 9.58. The van der Waals surface area contributed by atoms with Crippen molar-refractivity contribution in [1.29, 1.82) is 0 Å². The average Bonchev–Trinajstić information content (AvgIpc) is 2.76. The van der Waals surface area contributed by atoms with Gasteiger partial charge in [0.05, 0.1) is 23.0 Å². The van der Waals surface area contributed by atoms with Crippen LogP contribution in [0, 0.1) is 0 Å². The Morgan fingerprint density at radius 1 is 1.16 bits per heavy atom. The Labute approximate surface area is 120 Å². The lowest BCUT2D eigenvalue weighted by Gasteiger charge is -2.04. The lowest BCUT2D eigenvalue weighted by molar-refractivity contribution is 0.276. The van der Waals surface area contributed by atoms with Crippen molar-refractivity contribution < 1.29 is 5.11 Å². The van der Waals surface area contributed by atoms with Crippen LogP contribution in [-0.2, 0) is 6.61 Å². The van der Waals surface area contributed by atoms with Gasteiger partial charge in [-0.15, -0.1) is 0 Å². The number of hydrogen-bond donors (Lipinski definition) is 1. The van der Waals surface area contributed by atoms with Gasteiger partial charge >= 0.3 is 0 Å². The van der Waals surface area contributed by atoms with Gasteiger partial charge in [-0.1, -0.05) is 29.3 Å². The van der Waals surface area contributed by atoms with E-state index in [4.69, 9.17) is 23.2 Å². The third kappa shape index (κ3) is 2.10. The van der Waals surface area contributed by atoms with Crippen LogP contribution in [-0.4, -0.2) is 14.5 Å². The number of benzene rings is 1. The Kier molecular flexibility index (Phi) is 3.19. The highest BCUT2D eigenvalue weighted by molar-refractivity contribution is 6.36. The van der Waals surface area contributed by atoms with Gasteiger partial charge in [0, 0.05) is 16.8 Å². The molecular formula is C14H10Cl2N2O. The maximum atomic E-state index is 9.58. The maximum Gasteiger partial charge on any atom is 0.137 e. The van der Waals surface area contributed by atoms with Gasteiger partial charge in [0.15, 0.2) is 0 Å². The van der Waals surface area contributed by atoms with Crippen LogP contribution in [0.1, 0.15) is 5.69 Å². The van der Waals surface area contributed by atoms with E-state index >= 15 is 0 Å². The number of pyridine rings is 1. The predicted molar refractivity (Wildman–Crippen MR) is 76.6 cm³/mol. The van der Waals surface area contributed by atoms with E-state index in [0.29, 0.717) is 21.4 Å². The Morgan fingerprint density at radius 2 is 2.00 bits per heavy atom. The Hall–Kier alpha value is -1.55. The van der Waals surface area contributed by atoms with E-state index in [9.17, 15) is 5.11 Å². The minimum atomic E-state index is -0.112. The number of rotatable bonds is 2. The number of fused-ring (bicyclic) bond motifs is 1.